The molecule has 0 aromatic carbocycles. The smallest absolute Gasteiger partial charge is 0.292 e. The molecule has 0 amide bonds. The normalized spacial score (nSPS) is 12.0. The van der Waals surface area contributed by atoms with E-state index in [9.17, 15) is 13.2 Å². The highest BCUT2D eigenvalue weighted by Gasteiger charge is 2.27. The summed E-state index contributed by atoms with van der Waals surface area (Å²) in [6, 6.07) is 0. The maximum Gasteiger partial charge on any atom is 0.413 e. The lowest BCUT2D eigenvalue weighted by molar-refractivity contribution is -0.188. The zero-order chi connectivity index (χ0) is 8.74. The lowest BCUT2D eigenvalue weighted by atomic mass is 10.7. The van der Waals surface area contributed by atoms with E-state index >= 15 is 0 Å². The Kier molecular flexibility index (Phi) is 5.71. The maximum atomic E-state index is 11.4. The molecule has 0 fully saturated rings. The van der Waals surface area contributed by atoms with Gasteiger partial charge in [0.1, 0.15) is 0 Å². The Hall–Kier alpha value is 0.0600. The standard InChI is InChI=1S/C5H10F3NOS/c1-11-3-2-9-10-4-5(6,7)8/h9H,2-4H2,1H3. The average Bonchev–Trinajstić information content (AvgIpc) is 1.85. The molecule has 0 unspecified atom stereocenters. The first-order valence-corrected chi connectivity index (χ1v) is 4.36. The minimum Gasteiger partial charge on any atom is -0.292 e. The molecular weight excluding hydrogens is 179 g/mol. The van der Waals surface area contributed by atoms with Crippen LogP contribution < -0.4 is 5.48 Å². The van der Waals surface area contributed by atoms with E-state index in [1.165, 1.54) is 11.8 Å². The first kappa shape index (κ1) is 11.1. The number of hydrogen-bond donors (Lipinski definition) is 1. The van der Waals surface area contributed by atoms with Crippen LogP contribution in [0.4, 0.5) is 13.2 Å². The summed E-state index contributed by atoms with van der Waals surface area (Å²) in [6.07, 6.45) is -2.38. The Morgan fingerprint density at radius 3 is 2.55 bits per heavy atom. The number of hydrogen-bond acceptors (Lipinski definition) is 3. The summed E-state index contributed by atoms with van der Waals surface area (Å²) < 4.78 is 34.2. The van der Waals surface area contributed by atoms with Crippen LogP contribution in [0.1, 0.15) is 0 Å². The van der Waals surface area contributed by atoms with Crippen LogP contribution in [0.15, 0.2) is 0 Å². The molecule has 0 atom stereocenters. The number of thioether (sulfide) groups is 1. The Morgan fingerprint density at radius 2 is 2.09 bits per heavy atom. The fourth-order valence-corrected chi connectivity index (χ4v) is 0.636. The summed E-state index contributed by atoms with van der Waals surface area (Å²) in [6.45, 7) is -0.807. The van der Waals surface area contributed by atoms with Crippen LogP contribution in [0.3, 0.4) is 0 Å². The number of halogens is 3. The van der Waals surface area contributed by atoms with Crippen LogP contribution in [0.2, 0.25) is 0 Å². The van der Waals surface area contributed by atoms with Crippen molar-refractivity contribution < 1.29 is 18.0 Å². The van der Waals surface area contributed by atoms with E-state index in [2.05, 4.69) is 10.3 Å². The van der Waals surface area contributed by atoms with Gasteiger partial charge in [0.2, 0.25) is 0 Å². The highest BCUT2D eigenvalue weighted by molar-refractivity contribution is 7.98. The van der Waals surface area contributed by atoms with Crippen LogP contribution in [-0.4, -0.2) is 31.3 Å². The summed E-state index contributed by atoms with van der Waals surface area (Å²) in [5, 5.41) is 0. The number of hydroxylamine groups is 1. The van der Waals surface area contributed by atoms with Crippen molar-refractivity contribution in [3.8, 4) is 0 Å². The van der Waals surface area contributed by atoms with E-state index in [0.717, 1.165) is 5.75 Å². The lowest BCUT2D eigenvalue weighted by Gasteiger charge is -2.07. The molecule has 68 valence electrons. The molecule has 0 bridgehead atoms. The lowest BCUT2D eigenvalue weighted by Crippen LogP contribution is -2.26. The van der Waals surface area contributed by atoms with Gasteiger partial charge in [0.15, 0.2) is 6.61 Å². The van der Waals surface area contributed by atoms with E-state index in [4.69, 9.17) is 0 Å². The summed E-state index contributed by atoms with van der Waals surface area (Å²) in [5.74, 6) is 0.734. The van der Waals surface area contributed by atoms with Crippen LogP contribution in [-0.2, 0) is 4.84 Å². The molecule has 0 rings (SSSR count). The van der Waals surface area contributed by atoms with Crippen molar-refractivity contribution in [3.63, 3.8) is 0 Å². The second-order valence-electron chi connectivity index (χ2n) is 1.79. The van der Waals surface area contributed by atoms with E-state index in [1.54, 1.807) is 0 Å². The third kappa shape index (κ3) is 10.1. The first-order chi connectivity index (χ1) is 5.06. The summed E-state index contributed by atoms with van der Waals surface area (Å²) in [7, 11) is 0. The van der Waals surface area contributed by atoms with E-state index in [1.807, 2.05) is 6.26 Å². The van der Waals surface area contributed by atoms with Gasteiger partial charge >= 0.3 is 6.18 Å². The molecule has 11 heavy (non-hydrogen) atoms. The molecule has 0 aliphatic heterocycles. The van der Waals surface area contributed by atoms with E-state index in [0.29, 0.717) is 6.54 Å². The summed E-state index contributed by atoms with van der Waals surface area (Å²) >= 11 is 1.54. The van der Waals surface area contributed by atoms with Crippen LogP contribution in [0, 0.1) is 0 Å². The second kappa shape index (κ2) is 5.68. The van der Waals surface area contributed by atoms with Crippen LogP contribution >= 0.6 is 11.8 Å². The predicted molar refractivity (Wildman–Crippen MR) is 38.4 cm³/mol. The third-order valence-corrected chi connectivity index (χ3v) is 1.36. The van der Waals surface area contributed by atoms with Gasteiger partial charge in [-0.05, 0) is 6.26 Å². The van der Waals surface area contributed by atoms with Gasteiger partial charge in [-0.3, -0.25) is 4.84 Å². The highest BCUT2D eigenvalue weighted by atomic mass is 32.2. The predicted octanol–water partition coefficient (Wildman–Crippen LogP) is 1.43. The van der Waals surface area contributed by atoms with Crippen molar-refractivity contribution >= 4 is 11.8 Å². The van der Waals surface area contributed by atoms with Crippen molar-refractivity contribution in [2.75, 3.05) is 25.2 Å². The minimum absolute atomic E-state index is 0.428. The number of alkyl halides is 3. The molecule has 0 saturated heterocycles. The zero-order valence-corrected chi connectivity index (χ0v) is 6.89. The number of rotatable bonds is 5. The molecule has 0 saturated carbocycles. The highest BCUT2D eigenvalue weighted by Crippen LogP contribution is 2.13. The Labute approximate surface area is 67.4 Å². The Bertz CT molecular complexity index is 98.2. The van der Waals surface area contributed by atoms with Gasteiger partial charge in [-0.15, -0.1) is 0 Å². The largest absolute Gasteiger partial charge is 0.413 e. The minimum atomic E-state index is -4.24. The molecule has 0 radical (unpaired) electrons. The van der Waals surface area contributed by atoms with Crippen molar-refractivity contribution in [1.82, 2.24) is 5.48 Å². The van der Waals surface area contributed by atoms with E-state index < -0.39 is 12.8 Å². The molecule has 0 aliphatic carbocycles. The van der Waals surface area contributed by atoms with Crippen molar-refractivity contribution in [2.45, 2.75) is 6.18 Å². The Balaban J connectivity index is 3.02. The van der Waals surface area contributed by atoms with Gasteiger partial charge in [0.05, 0.1) is 0 Å². The molecule has 0 aliphatic rings. The second-order valence-corrected chi connectivity index (χ2v) is 2.78. The monoisotopic (exact) mass is 189 g/mol. The van der Waals surface area contributed by atoms with Gasteiger partial charge in [-0.2, -0.15) is 24.9 Å². The fraction of sp³-hybridized carbons (Fsp3) is 1.00. The van der Waals surface area contributed by atoms with Crippen LogP contribution in [0.5, 0.6) is 0 Å². The van der Waals surface area contributed by atoms with E-state index in [-0.39, 0.29) is 0 Å². The molecule has 0 spiro atoms. The zero-order valence-electron chi connectivity index (χ0n) is 6.07. The summed E-state index contributed by atoms with van der Waals surface area (Å²) in [5.41, 5.74) is 2.20. The van der Waals surface area contributed by atoms with Gasteiger partial charge in [0, 0.05) is 12.3 Å². The average molecular weight is 189 g/mol. The van der Waals surface area contributed by atoms with Gasteiger partial charge in [-0.25, -0.2) is 5.48 Å². The molecule has 0 aromatic rings. The maximum absolute atomic E-state index is 11.4. The van der Waals surface area contributed by atoms with Gasteiger partial charge < -0.3 is 0 Å². The van der Waals surface area contributed by atoms with Crippen molar-refractivity contribution in [3.05, 3.63) is 0 Å². The molecule has 0 aromatic heterocycles. The SMILES string of the molecule is CSCCNOCC(F)(F)F. The topological polar surface area (TPSA) is 21.3 Å². The van der Waals surface area contributed by atoms with Crippen molar-refractivity contribution in [2.24, 2.45) is 0 Å². The summed E-state index contributed by atoms with van der Waals surface area (Å²) in [4.78, 5) is 4.11. The quantitative estimate of drug-likeness (QED) is 0.522. The molecule has 1 N–H and O–H groups in total. The fourth-order valence-electron chi connectivity index (χ4n) is 0.349. The van der Waals surface area contributed by atoms with Crippen LogP contribution in [0.25, 0.3) is 0 Å². The molecule has 6 heteroatoms. The number of nitrogens with one attached hydrogen (secondary N) is 1. The van der Waals surface area contributed by atoms with Gasteiger partial charge in [-0.1, -0.05) is 0 Å². The molecule has 0 heterocycles. The Morgan fingerprint density at radius 1 is 1.45 bits per heavy atom. The first-order valence-electron chi connectivity index (χ1n) is 2.96. The third-order valence-electron chi connectivity index (χ3n) is 0.746. The van der Waals surface area contributed by atoms with Gasteiger partial charge in [0.25, 0.3) is 0 Å². The van der Waals surface area contributed by atoms with Crippen molar-refractivity contribution in [1.29, 1.82) is 0 Å². The molecule has 2 nitrogen and oxygen atoms in total. The molecular formula is C5H10F3NOS.